The third kappa shape index (κ3) is 11.4. The van der Waals surface area contributed by atoms with E-state index in [9.17, 15) is 18.0 Å². The Morgan fingerprint density at radius 2 is 1.59 bits per heavy atom. The molecule has 0 spiro atoms. The van der Waals surface area contributed by atoms with E-state index in [4.69, 9.17) is 28.5 Å². The predicted octanol–water partition coefficient (Wildman–Crippen LogP) is 9.78. The summed E-state index contributed by atoms with van der Waals surface area (Å²) in [6, 6.07) is 26.1. The Bertz CT molecular complexity index is 3080. The Labute approximate surface area is 432 Å². The molecule has 2 atom stereocenters. The molecule has 3 aromatic heterocycles. The van der Waals surface area contributed by atoms with Gasteiger partial charge >= 0.3 is 16.1 Å². The fourth-order valence-corrected chi connectivity index (χ4v) is 15.0. The SMILES string of the molecule is Cc1c(-c2ccc(N3CCc4cccc(C(=O)Nc5nc6ccccc6s5)c4C3)nc2C(=O)OC(C)(C)C)cnn1CC12CC3(C)CC(C)(C1)CC(OCCOCCNCCS(=O)(=O)Oc1ccccc1)(C3)C2. The molecule has 4 fully saturated rings. The number of hydrogen-bond donors (Lipinski definition) is 2. The standard InChI is InChI=1S/C56H67N7O8S2/c1-38-43(29-58-63(38)37-55-32-53(5)31-54(6,33-55)35-56(34-53,36-55)69-27-26-68-25-22-57-23-28-73(66,67)71-40-14-8-7-9-15-40)41-19-20-47(60-48(41)50(65)70-52(2,3)4)62-24-21-39-13-12-16-42(44(39)30-62)49(64)61-51-59-45-17-10-11-18-46(45)72-51/h7-20,29,57H,21-28,30-37H2,1-6H3,(H,59,61,64). The summed E-state index contributed by atoms with van der Waals surface area (Å²) in [5, 5.41) is 11.8. The van der Waals surface area contributed by atoms with Crippen molar-refractivity contribution in [1.29, 1.82) is 0 Å². The van der Waals surface area contributed by atoms with Gasteiger partial charge in [-0.1, -0.05) is 67.6 Å². The summed E-state index contributed by atoms with van der Waals surface area (Å²) in [6.07, 6.45) is 8.89. The lowest BCUT2D eigenvalue weighted by atomic mass is 9.39. The number of nitrogens with one attached hydrogen (secondary N) is 2. The van der Waals surface area contributed by atoms with E-state index in [1.165, 1.54) is 17.8 Å². The average Bonchev–Trinajstić information content (AvgIpc) is 3.90. The van der Waals surface area contributed by atoms with Crippen LogP contribution in [0.2, 0.25) is 0 Å². The van der Waals surface area contributed by atoms with Crippen LogP contribution in [0.1, 0.15) is 111 Å². The molecular formula is C56H67N7O8S2. The van der Waals surface area contributed by atoms with Crippen molar-refractivity contribution in [2.45, 2.75) is 111 Å². The largest absolute Gasteiger partial charge is 0.455 e. The number of aromatic nitrogens is 4. The highest BCUT2D eigenvalue weighted by Crippen LogP contribution is 2.72. The molecule has 3 aromatic carbocycles. The molecule has 4 saturated carbocycles. The molecule has 1 aliphatic heterocycles. The molecule has 0 radical (unpaired) electrons. The van der Waals surface area contributed by atoms with Crippen LogP contribution in [0.5, 0.6) is 5.75 Å². The normalized spacial score (nSPS) is 23.4. The van der Waals surface area contributed by atoms with Gasteiger partial charge in [-0.15, -0.1) is 0 Å². The first kappa shape index (κ1) is 50.8. The number of pyridine rings is 1. The quantitative estimate of drug-likeness (QED) is 0.0446. The van der Waals surface area contributed by atoms with E-state index in [1.54, 1.807) is 30.3 Å². The number of nitrogens with zero attached hydrogens (tertiary/aromatic N) is 5. The van der Waals surface area contributed by atoms with Gasteiger partial charge in [0.1, 0.15) is 17.2 Å². The maximum absolute atomic E-state index is 14.2. The molecule has 6 aromatic rings. The van der Waals surface area contributed by atoms with E-state index in [1.807, 2.05) is 75.5 Å². The summed E-state index contributed by atoms with van der Waals surface area (Å²) in [5.74, 6) is 0.0698. The van der Waals surface area contributed by atoms with E-state index in [-0.39, 0.29) is 45.7 Å². The second-order valence-electron chi connectivity index (χ2n) is 22.7. The summed E-state index contributed by atoms with van der Waals surface area (Å²) in [6.45, 7) is 16.5. The van der Waals surface area contributed by atoms with Gasteiger partial charge in [0.25, 0.3) is 5.91 Å². The highest BCUT2D eigenvalue weighted by Gasteiger charge is 2.66. The van der Waals surface area contributed by atoms with Crippen LogP contribution >= 0.6 is 11.3 Å². The predicted molar refractivity (Wildman–Crippen MR) is 284 cm³/mol. The van der Waals surface area contributed by atoms with Crippen molar-refractivity contribution in [3.8, 4) is 16.9 Å². The smallest absolute Gasteiger partial charge is 0.358 e. The number of amides is 1. The van der Waals surface area contributed by atoms with Crippen LogP contribution in [0, 0.1) is 23.2 Å². The van der Waals surface area contributed by atoms with Crippen LogP contribution in [0.4, 0.5) is 10.9 Å². The molecular weight excluding hydrogens is 963 g/mol. The van der Waals surface area contributed by atoms with Crippen molar-refractivity contribution in [3.05, 3.63) is 119 Å². The zero-order valence-corrected chi connectivity index (χ0v) is 44.4. The lowest BCUT2D eigenvalue weighted by Gasteiger charge is -2.69. The van der Waals surface area contributed by atoms with Crippen molar-refractivity contribution >= 4 is 54.5 Å². The summed E-state index contributed by atoms with van der Waals surface area (Å²) >= 11 is 1.45. The molecule has 73 heavy (non-hydrogen) atoms. The maximum Gasteiger partial charge on any atom is 0.358 e. The summed E-state index contributed by atoms with van der Waals surface area (Å²) < 4.78 is 52.0. The van der Waals surface area contributed by atoms with Crippen LogP contribution in [0.15, 0.2) is 91.1 Å². The number of esters is 1. The second kappa shape index (κ2) is 19.9. The fourth-order valence-electron chi connectivity index (χ4n) is 13.3. The number of rotatable bonds is 19. The first-order valence-electron chi connectivity index (χ1n) is 25.5. The molecule has 0 saturated heterocycles. The molecule has 11 rings (SSSR count). The van der Waals surface area contributed by atoms with Gasteiger partial charge in [-0.05, 0) is 142 Å². The molecule has 2 N–H and O–H groups in total. The third-order valence-electron chi connectivity index (χ3n) is 14.9. The first-order chi connectivity index (χ1) is 34.8. The van der Waals surface area contributed by atoms with Gasteiger partial charge < -0.3 is 28.6 Å². The third-order valence-corrected chi connectivity index (χ3v) is 17.0. The van der Waals surface area contributed by atoms with Gasteiger partial charge in [-0.2, -0.15) is 13.5 Å². The highest BCUT2D eigenvalue weighted by molar-refractivity contribution is 7.87. The Kier molecular flexibility index (Phi) is 13.8. The van der Waals surface area contributed by atoms with Gasteiger partial charge in [0.15, 0.2) is 10.8 Å². The minimum Gasteiger partial charge on any atom is -0.455 e. The maximum atomic E-state index is 14.2. The first-order valence-corrected chi connectivity index (χ1v) is 27.9. The summed E-state index contributed by atoms with van der Waals surface area (Å²) in [4.78, 5) is 39.9. The van der Waals surface area contributed by atoms with Crippen LogP contribution in [-0.4, -0.2) is 96.5 Å². The number of para-hydroxylation sites is 2. The molecule has 17 heteroatoms. The van der Waals surface area contributed by atoms with Gasteiger partial charge in [-0.25, -0.2) is 14.8 Å². The number of carbonyl (C=O) groups excluding carboxylic acids is 2. The molecule has 4 heterocycles. The molecule has 4 bridgehead atoms. The van der Waals surface area contributed by atoms with Gasteiger partial charge in [0.2, 0.25) is 0 Å². The Balaban J connectivity index is 0.811. The zero-order chi connectivity index (χ0) is 51.2. The minimum atomic E-state index is -3.70. The molecule has 4 aliphatic carbocycles. The fraction of sp³-hybridized carbons (Fsp3) is 0.482. The van der Waals surface area contributed by atoms with Crippen molar-refractivity contribution in [1.82, 2.24) is 25.1 Å². The Morgan fingerprint density at radius 3 is 2.36 bits per heavy atom. The van der Waals surface area contributed by atoms with E-state index < -0.39 is 21.7 Å². The van der Waals surface area contributed by atoms with E-state index in [2.05, 4.69) is 52.0 Å². The summed E-state index contributed by atoms with van der Waals surface area (Å²) in [7, 11) is -3.70. The molecule has 2 unspecified atom stereocenters. The van der Waals surface area contributed by atoms with E-state index in [0.29, 0.717) is 73.7 Å². The highest BCUT2D eigenvalue weighted by atomic mass is 32.2. The Morgan fingerprint density at radius 1 is 0.822 bits per heavy atom. The topological polar surface area (TPSA) is 176 Å². The number of fused-ring (bicyclic) bond motifs is 2. The van der Waals surface area contributed by atoms with E-state index in [0.717, 1.165) is 71.2 Å². The van der Waals surface area contributed by atoms with Crippen LogP contribution in [0.25, 0.3) is 21.3 Å². The number of hydrogen-bond acceptors (Lipinski definition) is 14. The van der Waals surface area contributed by atoms with Gasteiger partial charge in [0.05, 0.1) is 47.6 Å². The Hall–Kier alpha value is -5.72. The van der Waals surface area contributed by atoms with Crippen molar-refractivity contribution in [2.75, 3.05) is 55.4 Å². The lowest BCUT2D eigenvalue weighted by Crippen LogP contribution is -2.64. The number of carbonyl (C=O) groups is 2. The van der Waals surface area contributed by atoms with Crippen LogP contribution in [0.3, 0.4) is 0 Å². The van der Waals surface area contributed by atoms with Crippen molar-refractivity contribution in [2.24, 2.45) is 16.2 Å². The number of anilines is 2. The number of thiazole rings is 1. The average molecular weight is 1030 g/mol. The lowest BCUT2D eigenvalue weighted by molar-refractivity contribution is -0.250. The zero-order valence-electron chi connectivity index (χ0n) is 42.8. The van der Waals surface area contributed by atoms with Gasteiger partial charge in [0, 0.05) is 55.1 Å². The van der Waals surface area contributed by atoms with Crippen LogP contribution in [-0.2, 0) is 43.8 Å². The van der Waals surface area contributed by atoms with Crippen molar-refractivity contribution < 1.29 is 36.4 Å². The second-order valence-corrected chi connectivity index (χ2v) is 25.4. The molecule has 386 valence electrons. The number of benzene rings is 3. The van der Waals surface area contributed by atoms with E-state index >= 15 is 0 Å². The van der Waals surface area contributed by atoms with Gasteiger partial charge in [-0.3, -0.25) is 14.8 Å². The number of ether oxygens (including phenoxy) is 3. The minimum absolute atomic E-state index is 0.0353. The van der Waals surface area contributed by atoms with Crippen molar-refractivity contribution in [3.63, 3.8) is 0 Å². The molecule has 15 nitrogen and oxygen atoms in total. The van der Waals surface area contributed by atoms with Crippen LogP contribution < -0.4 is 19.7 Å². The molecule has 1 amide bonds. The molecule has 5 aliphatic rings. The monoisotopic (exact) mass is 1030 g/mol. The summed E-state index contributed by atoms with van der Waals surface area (Å²) in [5.41, 5.74) is 5.34.